The van der Waals surface area contributed by atoms with Gasteiger partial charge in [0.1, 0.15) is 5.82 Å². The standard InChI is InChI=1S/C17H27FN2O/c1-12-11-20(9-8-16(12)21)15-7-5-6-14(18)13(15)10-19-17(2,3)4/h5-7,12,16,19,21H,8-11H2,1-4H3. The summed E-state index contributed by atoms with van der Waals surface area (Å²) in [6, 6.07) is 5.26. The van der Waals surface area contributed by atoms with Gasteiger partial charge in [0.2, 0.25) is 0 Å². The minimum atomic E-state index is -0.244. The van der Waals surface area contributed by atoms with Crippen LogP contribution in [0.5, 0.6) is 0 Å². The van der Waals surface area contributed by atoms with Crippen LogP contribution in [-0.4, -0.2) is 29.8 Å². The van der Waals surface area contributed by atoms with Gasteiger partial charge < -0.3 is 15.3 Å². The van der Waals surface area contributed by atoms with Gasteiger partial charge in [-0.3, -0.25) is 0 Å². The Labute approximate surface area is 127 Å². The van der Waals surface area contributed by atoms with E-state index in [1.54, 1.807) is 6.07 Å². The van der Waals surface area contributed by atoms with E-state index in [1.807, 2.05) is 13.0 Å². The topological polar surface area (TPSA) is 35.5 Å². The van der Waals surface area contributed by atoms with Gasteiger partial charge in [-0.15, -0.1) is 0 Å². The highest BCUT2D eigenvalue weighted by atomic mass is 19.1. The molecule has 3 nitrogen and oxygen atoms in total. The molecular weight excluding hydrogens is 267 g/mol. The molecule has 2 N–H and O–H groups in total. The summed E-state index contributed by atoms with van der Waals surface area (Å²) in [4.78, 5) is 2.19. The smallest absolute Gasteiger partial charge is 0.129 e. The summed E-state index contributed by atoms with van der Waals surface area (Å²) in [5.41, 5.74) is 1.62. The Morgan fingerprint density at radius 3 is 2.71 bits per heavy atom. The van der Waals surface area contributed by atoms with Gasteiger partial charge in [0.15, 0.2) is 0 Å². The largest absolute Gasteiger partial charge is 0.393 e. The maximum absolute atomic E-state index is 14.2. The molecule has 1 aliphatic heterocycles. The van der Waals surface area contributed by atoms with Crippen LogP contribution < -0.4 is 10.2 Å². The van der Waals surface area contributed by atoms with E-state index in [-0.39, 0.29) is 23.4 Å². The molecule has 2 unspecified atom stereocenters. The van der Waals surface area contributed by atoms with E-state index < -0.39 is 0 Å². The first kappa shape index (κ1) is 16.2. The van der Waals surface area contributed by atoms with E-state index >= 15 is 0 Å². The molecule has 0 saturated carbocycles. The van der Waals surface area contributed by atoms with E-state index in [9.17, 15) is 9.50 Å². The SMILES string of the molecule is CC1CN(c2cccc(F)c2CNC(C)(C)C)CCC1O. The fourth-order valence-corrected chi connectivity index (χ4v) is 2.72. The van der Waals surface area contributed by atoms with Crippen molar-refractivity contribution in [2.75, 3.05) is 18.0 Å². The molecule has 0 radical (unpaired) electrons. The highest BCUT2D eigenvalue weighted by Crippen LogP contribution is 2.28. The number of anilines is 1. The summed E-state index contributed by atoms with van der Waals surface area (Å²) in [5.74, 6) is 0.0495. The molecule has 4 heteroatoms. The zero-order valence-corrected chi connectivity index (χ0v) is 13.5. The summed E-state index contributed by atoms with van der Waals surface area (Å²) in [5, 5.41) is 13.2. The summed E-state index contributed by atoms with van der Waals surface area (Å²) in [7, 11) is 0. The van der Waals surface area contributed by atoms with E-state index in [0.717, 1.165) is 30.8 Å². The van der Waals surface area contributed by atoms with Gasteiger partial charge in [0.25, 0.3) is 0 Å². The molecule has 1 aliphatic rings. The Bertz CT molecular complexity index is 484. The van der Waals surface area contributed by atoms with Crippen LogP contribution in [0.3, 0.4) is 0 Å². The van der Waals surface area contributed by atoms with Crippen LogP contribution in [0.15, 0.2) is 18.2 Å². The molecule has 2 rings (SSSR count). The summed E-state index contributed by atoms with van der Waals surface area (Å²) in [6.45, 7) is 10.3. The predicted molar refractivity (Wildman–Crippen MR) is 85.0 cm³/mol. The van der Waals surface area contributed by atoms with Gasteiger partial charge in [-0.1, -0.05) is 13.0 Å². The number of piperidine rings is 1. The first-order chi connectivity index (χ1) is 9.78. The van der Waals surface area contributed by atoms with Crippen LogP contribution in [0.2, 0.25) is 0 Å². The van der Waals surface area contributed by atoms with Crippen LogP contribution >= 0.6 is 0 Å². The Morgan fingerprint density at radius 1 is 1.38 bits per heavy atom. The van der Waals surface area contributed by atoms with Crippen molar-refractivity contribution in [3.05, 3.63) is 29.6 Å². The van der Waals surface area contributed by atoms with E-state index in [4.69, 9.17) is 0 Å². The first-order valence-electron chi connectivity index (χ1n) is 7.73. The van der Waals surface area contributed by atoms with Crippen LogP contribution in [0.25, 0.3) is 0 Å². The van der Waals surface area contributed by atoms with Crippen molar-refractivity contribution < 1.29 is 9.50 Å². The number of rotatable bonds is 3. The lowest BCUT2D eigenvalue weighted by Crippen LogP contribution is -2.43. The van der Waals surface area contributed by atoms with Crippen LogP contribution in [-0.2, 0) is 6.54 Å². The lowest BCUT2D eigenvalue weighted by Gasteiger charge is -2.37. The lowest BCUT2D eigenvalue weighted by atomic mass is 9.95. The number of hydrogen-bond donors (Lipinski definition) is 2. The highest BCUT2D eigenvalue weighted by Gasteiger charge is 2.26. The Kier molecular flexibility index (Phi) is 4.89. The highest BCUT2D eigenvalue weighted by molar-refractivity contribution is 5.54. The van der Waals surface area contributed by atoms with Crippen molar-refractivity contribution in [3.8, 4) is 0 Å². The van der Waals surface area contributed by atoms with E-state index in [2.05, 4.69) is 31.0 Å². The number of aliphatic hydroxyl groups excluding tert-OH is 1. The number of nitrogens with zero attached hydrogens (tertiary/aromatic N) is 1. The van der Waals surface area contributed by atoms with Crippen molar-refractivity contribution in [1.29, 1.82) is 0 Å². The fourth-order valence-electron chi connectivity index (χ4n) is 2.72. The van der Waals surface area contributed by atoms with Crippen molar-refractivity contribution in [1.82, 2.24) is 5.32 Å². The average molecular weight is 294 g/mol. The van der Waals surface area contributed by atoms with Crippen molar-refractivity contribution in [2.45, 2.75) is 52.3 Å². The number of hydrogen-bond acceptors (Lipinski definition) is 3. The van der Waals surface area contributed by atoms with Gasteiger partial charge in [-0.2, -0.15) is 0 Å². The molecule has 2 atom stereocenters. The molecule has 1 fully saturated rings. The molecule has 21 heavy (non-hydrogen) atoms. The normalized spacial score (nSPS) is 23.4. The minimum Gasteiger partial charge on any atom is -0.393 e. The van der Waals surface area contributed by atoms with Crippen molar-refractivity contribution in [3.63, 3.8) is 0 Å². The summed E-state index contributed by atoms with van der Waals surface area (Å²) in [6.07, 6.45) is 0.495. The molecule has 0 aliphatic carbocycles. The molecule has 0 bridgehead atoms. The maximum atomic E-state index is 14.2. The van der Waals surface area contributed by atoms with Gasteiger partial charge >= 0.3 is 0 Å². The average Bonchev–Trinajstić information content (AvgIpc) is 2.39. The second-order valence-corrected chi connectivity index (χ2v) is 7.12. The number of nitrogens with one attached hydrogen (secondary N) is 1. The summed E-state index contributed by atoms with van der Waals surface area (Å²) < 4.78 is 14.2. The van der Waals surface area contributed by atoms with Gasteiger partial charge in [-0.05, 0) is 45.2 Å². The second kappa shape index (κ2) is 6.32. The lowest BCUT2D eigenvalue weighted by molar-refractivity contribution is 0.0970. The maximum Gasteiger partial charge on any atom is 0.129 e. The quantitative estimate of drug-likeness (QED) is 0.900. The molecule has 118 valence electrons. The third-order valence-electron chi connectivity index (χ3n) is 4.09. The van der Waals surface area contributed by atoms with Gasteiger partial charge in [0.05, 0.1) is 6.10 Å². The predicted octanol–water partition coefficient (Wildman–Crippen LogP) is 2.92. The van der Waals surface area contributed by atoms with Crippen LogP contribution in [0, 0.1) is 11.7 Å². The zero-order chi connectivity index (χ0) is 15.6. The minimum absolute atomic E-state index is 0.0507. The zero-order valence-electron chi connectivity index (χ0n) is 13.5. The molecule has 1 heterocycles. The molecule has 1 aromatic rings. The fraction of sp³-hybridized carbons (Fsp3) is 0.647. The summed E-state index contributed by atoms with van der Waals surface area (Å²) >= 11 is 0. The molecule has 1 saturated heterocycles. The van der Waals surface area contributed by atoms with Crippen molar-refractivity contribution in [2.24, 2.45) is 5.92 Å². The van der Waals surface area contributed by atoms with E-state index in [0.29, 0.717) is 6.54 Å². The van der Waals surface area contributed by atoms with Crippen LogP contribution in [0.1, 0.15) is 39.7 Å². The van der Waals surface area contributed by atoms with Gasteiger partial charge in [0, 0.05) is 36.4 Å². The number of benzene rings is 1. The third kappa shape index (κ3) is 4.17. The Balaban J connectivity index is 2.21. The molecule has 1 aromatic carbocycles. The van der Waals surface area contributed by atoms with Crippen LogP contribution in [0.4, 0.5) is 10.1 Å². The Morgan fingerprint density at radius 2 is 2.10 bits per heavy atom. The number of aliphatic hydroxyl groups is 1. The van der Waals surface area contributed by atoms with E-state index in [1.165, 1.54) is 6.07 Å². The van der Waals surface area contributed by atoms with Crippen molar-refractivity contribution >= 4 is 5.69 Å². The molecule has 0 amide bonds. The third-order valence-corrected chi connectivity index (χ3v) is 4.09. The first-order valence-corrected chi connectivity index (χ1v) is 7.73. The number of halogens is 1. The van der Waals surface area contributed by atoms with Gasteiger partial charge in [-0.25, -0.2) is 4.39 Å². The molecular formula is C17H27FN2O. The molecule has 0 aromatic heterocycles. The Hall–Kier alpha value is -1.13. The second-order valence-electron chi connectivity index (χ2n) is 7.12. The monoisotopic (exact) mass is 294 g/mol. The molecule has 0 spiro atoms.